The van der Waals surface area contributed by atoms with Gasteiger partial charge in [0.2, 0.25) is 0 Å². The molecule has 0 saturated heterocycles. The minimum atomic E-state index is -0.370. The van der Waals surface area contributed by atoms with E-state index in [1.807, 2.05) is 25.2 Å². The van der Waals surface area contributed by atoms with Crippen LogP contribution >= 0.6 is 11.3 Å². The molecule has 0 N–H and O–H groups in total. The molecule has 24 heavy (non-hydrogen) atoms. The first-order chi connectivity index (χ1) is 11.4. The lowest BCUT2D eigenvalue weighted by molar-refractivity contribution is -0.386. The van der Waals surface area contributed by atoms with E-state index >= 15 is 0 Å². The summed E-state index contributed by atoms with van der Waals surface area (Å²) in [6.45, 7) is 5.95. The Bertz CT molecular complexity index is 868. The second-order valence-electron chi connectivity index (χ2n) is 5.87. The van der Waals surface area contributed by atoms with Gasteiger partial charge in [0.1, 0.15) is 16.4 Å². The van der Waals surface area contributed by atoms with Crippen molar-refractivity contribution >= 4 is 27.2 Å². The highest BCUT2D eigenvalue weighted by Gasteiger charge is 2.24. The number of nitrogens with zero attached hydrogens (tertiary/aromatic N) is 5. The van der Waals surface area contributed by atoms with Crippen LogP contribution in [0.3, 0.4) is 0 Å². The summed E-state index contributed by atoms with van der Waals surface area (Å²) in [5, 5.41) is 16.5. The molecule has 1 atom stereocenters. The monoisotopic (exact) mass is 345 g/mol. The van der Waals surface area contributed by atoms with Gasteiger partial charge in [0, 0.05) is 0 Å². The number of benzene rings is 1. The number of hydrogen-bond acceptors (Lipinski definition) is 6. The zero-order valence-corrected chi connectivity index (χ0v) is 14.9. The molecule has 0 unspecified atom stereocenters. The molecule has 3 rings (SSSR count). The number of fused-ring (bicyclic) bond motifs is 1. The summed E-state index contributed by atoms with van der Waals surface area (Å²) in [4.78, 5) is 17.5. The average Bonchev–Trinajstić information content (AvgIpc) is 3.07. The summed E-state index contributed by atoms with van der Waals surface area (Å²) in [6.07, 6.45) is 0. The number of para-hydroxylation sites is 1. The summed E-state index contributed by atoms with van der Waals surface area (Å²) in [5.41, 5.74) is 2.11. The van der Waals surface area contributed by atoms with E-state index in [4.69, 9.17) is 0 Å². The van der Waals surface area contributed by atoms with Crippen molar-refractivity contribution in [3.8, 4) is 0 Å². The minimum Gasteiger partial charge on any atom is -0.278 e. The maximum Gasteiger partial charge on any atom is 0.312 e. The van der Waals surface area contributed by atoms with Crippen LogP contribution in [0.4, 0.5) is 5.69 Å². The van der Waals surface area contributed by atoms with E-state index in [1.165, 1.54) is 0 Å². The van der Waals surface area contributed by atoms with Crippen LogP contribution in [0.25, 0.3) is 10.2 Å². The molecule has 3 aromatic rings. The molecule has 8 heteroatoms. The predicted molar refractivity (Wildman–Crippen MR) is 94.2 cm³/mol. The van der Waals surface area contributed by atoms with Crippen LogP contribution < -0.4 is 0 Å². The number of thiazole rings is 1. The molecular formula is C16H19N5O2S. The molecule has 0 spiro atoms. The third-order valence-corrected chi connectivity index (χ3v) is 5.42. The molecule has 0 aliphatic heterocycles. The van der Waals surface area contributed by atoms with Gasteiger partial charge in [-0.1, -0.05) is 12.1 Å². The number of hydrogen-bond donors (Lipinski definition) is 0. The van der Waals surface area contributed by atoms with Gasteiger partial charge >= 0.3 is 5.69 Å². The fraction of sp³-hybridized carbons (Fsp3) is 0.375. The molecule has 7 nitrogen and oxygen atoms in total. The normalized spacial score (nSPS) is 12.9. The molecule has 0 saturated carbocycles. The highest BCUT2D eigenvalue weighted by Crippen LogP contribution is 2.29. The van der Waals surface area contributed by atoms with Gasteiger partial charge in [-0.25, -0.2) is 9.67 Å². The van der Waals surface area contributed by atoms with Crippen LogP contribution in [0, 0.1) is 24.0 Å². The second kappa shape index (κ2) is 6.29. The van der Waals surface area contributed by atoms with Crippen LogP contribution in [-0.2, 0) is 6.67 Å². The van der Waals surface area contributed by atoms with Gasteiger partial charge in [0.05, 0.1) is 27.9 Å². The van der Waals surface area contributed by atoms with Gasteiger partial charge in [-0.2, -0.15) is 5.10 Å². The zero-order chi connectivity index (χ0) is 17.4. The first kappa shape index (κ1) is 16.5. The van der Waals surface area contributed by atoms with Gasteiger partial charge in [0.25, 0.3) is 0 Å². The fourth-order valence-corrected chi connectivity index (χ4v) is 3.77. The molecule has 1 aromatic carbocycles. The second-order valence-corrected chi connectivity index (χ2v) is 6.93. The van der Waals surface area contributed by atoms with Crippen molar-refractivity contribution in [2.45, 2.75) is 33.5 Å². The lowest BCUT2D eigenvalue weighted by Gasteiger charge is -2.23. The van der Waals surface area contributed by atoms with Crippen molar-refractivity contribution in [2.24, 2.45) is 0 Å². The summed E-state index contributed by atoms with van der Waals surface area (Å²) < 4.78 is 2.84. The fourth-order valence-electron chi connectivity index (χ4n) is 2.68. The number of aromatic nitrogens is 3. The van der Waals surface area contributed by atoms with Crippen molar-refractivity contribution in [3.63, 3.8) is 0 Å². The molecule has 2 heterocycles. The van der Waals surface area contributed by atoms with E-state index < -0.39 is 0 Å². The number of nitro groups is 1. The molecule has 126 valence electrons. The molecule has 0 bridgehead atoms. The van der Waals surface area contributed by atoms with E-state index in [0.717, 1.165) is 15.2 Å². The molecule has 2 aromatic heterocycles. The van der Waals surface area contributed by atoms with E-state index in [9.17, 15) is 10.1 Å². The Kier molecular flexibility index (Phi) is 4.33. The largest absolute Gasteiger partial charge is 0.312 e. The van der Waals surface area contributed by atoms with Crippen molar-refractivity contribution in [1.29, 1.82) is 0 Å². The highest BCUT2D eigenvalue weighted by atomic mass is 32.1. The van der Waals surface area contributed by atoms with Gasteiger partial charge < -0.3 is 0 Å². The van der Waals surface area contributed by atoms with Gasteiger partial charge in [-0.3, -0.25) is 15.0 Å². The summed E-state index contributed by atoms with van der Waals surface area (Å²) >= 11 is 1.67. The summed E-state index contributed by atoms with van der Waals surface area (Å²) in [5.74, 6) is 0. The minimum absolute atomic E-state index is 0.0883. The lowest BCUT2D eigenvalue weighted by atomic mass is 10.3. The smallest absolute Gasteiger partial charge is 0.278 e. The standard InChI is InChI=1S/C16H19N5O2S/c1-10-15(21(22)23)11(2)20(18-10)9-19(4)12(3)16-17-13-7-5-6-8-14(13)24-16/h5-8,12H,9H2,1-4H3/t12-/m0/s1. The Hall–Kier alpha value is -2.32. The first-order valence-corrected chi connectivity index (χ1v) is 8.44. The molecule has 0 aliphatic rings. The van der Waals surface area contributed by atoms with E-state index in [2.05, 4.69) is 28.0 Å². The molecule has 0 aliphatic carbocycles. The van der Waals surface area contributed by atoms with Crippen molar-refractivity contribution in [3.05, 3.63) is 50.8 Å². The third kappa shape index (κ3) is 2.90. The quantitative estimate of drug-likeness (QED) is 0.521. The van der Waals surface area contributed by atoms with E-state index in [1.54, 1.807) is 29.9 Å². The Balaban J connectivity index is 1.83. The van der Waals surface area contributed by atoms with Gasteiger partial charge in [-0.15, -0.1) is 11.3 Å². The Morgan fingerprint density at radius 2 is 2.08 bits per heavy atom. The van der Waals surface area contributed by atoms with Crippen LogP contribution in [0.2, 0.25) is 0 Å². The topological polar surface area (TPSA) is 77.1 Å². The first-order valence-electron chi connectivity index (χ1n) is 7.62. The summed E-state index contributed by atoms with van der Waals surface area (Å²) in [6, 6.07) is 8.15. The van der Waals surface area contributed by atoms with Crippen LogP contribution in [0.5, 0.6) is 0 Å². The Labute approximate surface area is 143 Å². The van der Waals surface area contributed by atoms with Crippen molar-refractivity contribution < 1.29 is 4.92 Å². The predicted octanol–water partition coefficient (Wildman–Crippen LogP) is 3.67. The average molecular weight is 345 g/mol. The molecular weight excluding hydrogens is 326 g/mol. The molecule has 0 fully saturated rings. The third-order valence-electron chi connectivity index (χ3n) is 4.21. The zero-order valence-electron chi connectivity index (χ0n) is 14.1. The molecule has 0 radical (unpaired) electrons. The van der Waals surface area contributed by atoms with Crippen LogP contribution in [-0.4, -0.2) is 31.6 Å². The van der Waals surface area contributed by atoms with E-state index in [-0.39, 0.29) is 16.7 Å². The highest BCUT2D eigenvalue weighted by molar-refractivity contribution is 7.18. The van der Waals surface area contributed by atoms with Crippen LogP contribution in [0.1, 0.15) is 29.4 Å². The summed E-state index contributed by atoms with van der Waals surface area (Å²) in [7, 11) is 1.97. The van der Waals surface area contributed by atoms with Crippen molar-refractivity contribution in [2.75, 3.05) is 7.05 Å². The maximum atomic E-state index is 11.1. The van der Waals surface area contributed by atoms with E-state index in [0.29, 0.717) is 18.1 Å². The number of rotatable bonds is 5. The maximum absolute atomic E-state index is 11.1. The lowest BCUT2D eigenvalue weighted by Crippen LogP contribution is -2.26. The SMILES string of the molecule is Cc1nn(CN(C)[C@@H](C)c2nc3ccccc3s2)c(C)c1[N+](=O)[O-]. The Morgan fingerprint density at radius 1 is 1.38 bits per heavy atom. The van der Waals surface area contributed by atoms with Crippen molar-refractivity contribution in [1.82, 2.24) is 19.7 Å². The number of aryl methyl sites for hydroxylation is 1. The van der Waals surface area contributed by atoms with Gasteiger partial charge in [-0.05, 0) is 40.0 Å². The van der Waals surface area contributed by atoms with Gasteiger partial charge in [0.15, 0.2) is 0 Å². The van der Waals surface area contributed by atoms with Crippen LogP contribution in [0.15, 0.2) is 24.3 Å². The molecule has 0 amide bonds. The Morgan fingerprint density at radius 3 is 2.71 bits per heavy atom.